The first-order valence-electron chi connectivity index (χ1n) is 4.80. The summed E-state index contributed by atoms with van der Waals surface area (Å²) in [7, 11) is 0. The molecule has 4 nitrogen and oxygen atoms in total. The molecule has 0 aromatic carbocycles. The molecule has 76 valence electrons. The van der Waals surface area contributed by atoms with E-state index >= 15 is 0 Å². The van der Waals surface area contributed by atoms with Gasteiger partial charge in [-0.15, -0.1) is 0 Å². The molecule has 0 unspecified atom stereocenters. The van der Waals surface area contributed by atoms with Gasteiger partial charge in [-0.25, -0.2) is 0 Å². The topological polar surface area (TPSA) is 62.4 Å². The highest BCUT2D eigenvalue weighted by Gasteiger charge is 2.18. The van der Waals surface area contributed by atoms with Crippen molar-refractivity contribution < 1.29 is 0 Å². The van der Waals surface area contributed by atoms with Crippen LogP contribution in [0.4, 0.5) is 0 Å². The van der Waals surface area contributed by atoms with Crippen molar-refractivity contribution in [2.45, 2.75) is 32.7 Å². The fourth-order valence-corrected chi connectivity index (χ4v) is 1.23. The molecular formula is C9H20N4. The van der Waals surface area contributed by atoms with E-state index in [1.54, 1.807) is 0 Å². The lowest BCUT2D eigenvalue weighted by Crippen LogP contribution is -2.36. The normalized spacial score (nSPS) is 24.8. The van der Waals surface area contributed by atoms with Crippen molar-refractivity contribution >= 4 is 5.84 Å². The van der Waals surface area contributed by atoms with Gasteiger partial charge in [0, 0.05) is 18.0 Å². The maximum atomic E-state index is 5.83. The molecule has 1 heterocycles. The SMILES string of the molecule is CC(C)(C)N/N=C(\N)[C@@H]1CCNC1. The third-order valence-corrected chi connectivity index (χ3v) is 2.00. The highest BCUT2D eigenvalue weighted by atomic mass is 15.3. The van der Waals surface area contributed by atoms with Crippen LogP contribution in [0.2, 0.25) is 0 Å². The van der Waals surface area contributed by atoms with E-state index in [1.165, 1.54) is 0 Å². The van der Waals surface area contributed by atoms with Crippen molar-refractivity contribution in [3.63, 3.8) is 0 Å². The van der Waals surface area contributed by atoms with Crippen molar-refractivity contribution in [1.82, 2.24) is 10.7 Å². The predicted octanol–water partition coefficient (Wildman–Crippen LogP) is 0.256. The third-order valence-electron chi connectivity index (χ3n) is 2.00. The average Bonchev–Trinajstić information content (AvgIpc) is 2.50. The van der Waals surface area contributed by atoms with Gasteiger partial charge in [0.15, 0.2) is 0 Å². The summed E-state index contributed by atoms with van der Waals surface area (Å²) in [5.41, 5.74) is 8.86. The number of nitrogens with two attached hydrogens (primary N) is 1. The molecule has 4 heteroatoms. The maximum Gasteiger partial charge on any atom is 0.124 e. The Hall–Kier alpha value is -0.770. The molecule has 0 spiro atoms. The Morgan fingerprint density at radius 1 is 1.54 bits per heavy atom. The molecular weight excluding hydrogens is 164 g/mol. The van der Waals surface area contributed by atoms with E-state index in [1.807, 2.05) is 0 Å². The van der Waals surface area contributed by atoms with Crippen LogP contribution in [-0.2, 0) is 0 Å². The lowest BCUT2D eigenvalue weighted by Gasteiger charge is -2.19. The molecule has 13 heavy (non-hydrogen) atoms. The van der Waals surface area contributed by atoms with Crippen molar-refractivity contribution in [2.24, 2.45) is 16.8 Å². The van der Waals surface area contributed by atoms with Gasteiger partial charge in [-0.3, -0.25) is 0 Å². The summed E-state index contributed by atoms with van der Waals surface area (Å²) in [6, 6.07) is 0. The standard InChI is InChI=1S/C9H20N4/c1-9(2,3)13-12-8(10)7-4-5-11-6-7/h7,11,13H,4-6H2,1-3H3,(H2,10,12)/t7-/m1/s1. The van der Waals surface area contributed by atoms with Gasteiger partial charge >= 0.3 is 0 Å². The van der Waals surface area contributed by atoms with Gasteiger partial charge in [0.1, 0.15) is 5.84 Å². The molecule has 0 amide bonds. The van der Waals surface area contributed by atoms with Crippen LogP contribution in [0, 0.1) is 5.92 Å². The molecule has 1 atom stereocenters. The van der Waals surface area contributed by atoms with Crippen LogP contribution in [0.3, 0.4) is 0 Å². The number of nitrogens with zero attached hydrogens (tertiary/aromatic N) is 1. The Kier molecular flexibility index (Phi) is 3.14. The van der Waals surface area contributed by atoms with Crippen molar-refractivity contribution in [3.8, 4) is 0 Å². The molecule has 1 rings (SSSR count). The second kappa shape index (κ2) is 3.96. The Morgan fingerprint density at radius 2 is 2.23 bits per heavy atom. The number of hydrazone groups is 1. The van der Waals surface area contributed by atoms with Crippen LogP contribution in [-0.4, -0.2) is 24.5 Å². The molecule has 0 aromatic heterocycles. The first-order chi connectivity index (χ1) is 5.99. The summed E-state index contributed by atoms with van der Waals surface area (Å²) in [4.78, 5) is 0. The second-order valence-corrected chi connectivity index (χ2v) is 4.59. The molecule has 1 aliphatic rings. The minimum Gasteiger partial charge on any atom is -0.385 e. The summed E-state index contributed by atoms with van der Waals surface area (Å²) >= 11 is 0. The minimum atomic E-state index is -0.00332. The molecule has 0 saturated carbocycles. The molecule has 4 N–H and O–H groups in total. The van der Waals surface area contributed by atoms with E-state index in [0.717, 1.165) is 25.3 Å². The van der Waals surface area contributed by atoms with E-state index in [9.17, 15) is 0 Å². The highest BCUT2D eigenvalue weighted by molar-refractivity contribution is 5.83. The molecule has 0 aromatic rings. The minimum absolute atomic E-state index is 0.00332. The monoisotopic (exact) mass is 184 g/mol. The number of hydrogen-bond donors (Lipinski definition) is 3. The Labute approximate surface area is 80.0 Å². The number of hydrogen-bond acceptors (Lipinski definition) is 3. The number of nitrogens with one attached hydrogen (secondary N) is 2. The summed E-state index contributed by atoms with van der Waals surface area (Å²) in [5.74, 6) is 1.13. The molecule has 0 bridgehead atoms. The van der Waals surface area contributed by atoms with E-state index in [2.05, 4.69) is 36.6 Å². The average molecular weight is 184 g/mol. The van der Waals surface area contributed by atoms with Gasteiger partial charge in [-0.1, -0.05) is 0 Å². The van der Waals surface area contributed by atoms with E-state index in [0.29, 0.717) is 5.92 Å². The summed E-state index contributed by atoms with van der Waals surface area (Å²) in [6.45, 7) is 8.21. The largest absolute Gasteiger partial charge is 0.385 e. The zero-order chi connectivity index (χ0) is 9.90. The van der Waals surface area contributed by atoms with Crippen LogP contribution in [0.1, 0.15) is 27.2 Å². The maximum absolute atomic E-state index is 5.83. The van der Waals surface area contributed by atoms with Gasteiger partial charge in [-0.05, 0) is 33.7 Å². The number of amidine groups is 1. The fourth-order valence-electron chi connectivity index (χ4n) is 1.23. The van der Waals surface area contributed by atoms with Gasteiger partial charge < -0.3 is 16.5 Å². The Morgan fingerprint density at radius 3 is 2.69 bits per heavy atom. The summed E-state index contributed by atoms with van der Waals surface area (Å²) in [5, 5.41) is 7.44. The third kappa shape index (κ3) is 3.63. The van der Waals surface area contributed by atoms with Crippen LogP contribution in [0.25, 0.3) is 0 Å². The lowest BCUT2D eigenvalue weighted by molar-refractivity contribution is 0.438. The van der Waals surface area contributed by atoms with Crippen molar-refractivity contribution in [2.75, 3.05) is 13.1 Å². The quantitative estimate of drug-likeness (QED) is 0.328. The molecule has 0 aliphatic carbocycles. The first-order valence-corrected chi connectivity index (χ1v) is 4.80. The van der Waals surface area contributed by atoms with Crippen molar-refractivity contribution in [3.05, 3.63) is 0 Å². The Bertz CT molecular complexity index is 186. The van der Waals surface area contributed by atoms with Gasteiger partial charge in [-0.2, -0.15) is 5.10 Å². The Balaban J connectivity index is 2.41. The lowest BCUT2D eigenvalue weighted by atomic mass is 10.1. The van der Waals surface area contributed by atoms with Gasteiger partial charge in [0.2, 0.25) is 0 Å². The van der Waals surface area contributed by atoms with Gasteiger partial charge in [0.25, 0.3) is 0 Å². The van der Waals surface area contributed by atoms with E-state index < -0.39 is 0 Å². The van der Waals surface area contributed by atoms with Crippen LogP contribution in [0.15, 0.2) is 5.10 Å². The molecule has 1 aliphatic heterocycles. The van der Waals surface area contributed by atoms with Crippen LogP contribution < -0.4 is 16.5 Å². The molecule has 0 radical (unpaired) electrons. The van der Waals surface area contributed by atoms with Crippen LogP contribution in [0.5, 0.6) is 0 Å². The van der Waals surface area contributed by atoms with E-state index in [4.69, 9.17) is 5.73 Å². The summed E-state index contributed by atoms with van der Waals surface area (Å²) in [6.07, 6.45) is 1.10. The van der Waals surface area contributed by atoms with Crippen molar-refractivity contribution in [1.29, 1.82) is 0 Å². The highest BCUT2D eigenvalue weighted by Crippen LogP contribution is 2.07. The van der Waals surface area contributed by atoms with Crippen LogP contribution >= 0.6 is 0 Å². The zero-order valence-corrected chi connectivity index (χ0v) is 8.72. The summed E-state index contributed by atoms with van der Waals surface area (Å²) < 4.78 is 0. The van der Waals surface area contributed by atoms with Gasteiger partial charge in [0.05, 0.1) is 0 Å². The van der Waals surface area contributed by atoms with E-state index in [-0.39, 0.29) is 5.54 Å². The predicted molar refractivity (Wildman–Crippen MR) is 55.5 cm³/mol. The zero-order valence-electron chi connectivity index (χ0n) is 8.72. The number of rotatable bonds is 2. The molecule has 1 saturated heterocycles. The molecule has 1 fully saturated rings. The second-order valence-electron chi connectivity index (χ2n) is 4.59. The first kappa shape index (κ1) is 10.3. The smallest absolute Gasteiger partial charge is 0.124 e. The fraction of sp³-hybridized carbons (Fsp3) is 0.889.